The molecule has 1 saturated heterocycles. The van der Waals surface area contributed by atoms with E-state index in [1.165, 1.54) is 29.5 Å². The van der Waals surface area contributed by atoms with Crippen LogP contribution >= 0.6 is 11.3 Å². The number of benzene rings is 2. The molecule has 1 aliphatic rings. The topological polar surface area (TPSA) is 82.6 Å². The minimum Gasteiger partial charge on any atom is -0.368 e. The molecule has 10 heteroatoms. The second-order valence-corrected chi connectivity index (χ2v) is 11.9. The van der Waals surface area contributed by atoms with Gasteiger partial charge in [0, 0.05) is 31.9 Å². The first-order valence-electron chi connectivity index (χ1n) is 11.3. The molecule has 0 spiro atoms. The number of anilines is 1. The predicted octanol–water partition coefficient (Wildman–Crippen LogP) is 3.79. The number of aryl methyl sites for hydroxylation is 1. The normalized spacial score (nSPS) is 15.8. The van der Waals surface area contributed by atoms with Gasteiger partial charge in [-0.1, -0.05) is 13.8 Å². The summed E-state index contributed by atoms with van der Waals surface area (Å²) in [5.41, 5.74) is 1.66. The number of carbonyl (C=O) groups excluding carboxylic acids is 1. The van der Waals surface area contributed by atoms with Crippen molar-refractivity contribution in [3.63, 3.8) is 0 Å². The summed E-state index contributed by atoms with van der Waals surface area (Å²) in [5, 5.41) is 0.866. The Morgan fingerprint density at radius 2 is 1.79 bits per heavy atom. The summed E-state index contributed by atoms with van der Waals surface area (Å²) in [6.07, 6.45) is 0.401. The SMILES string of the molecule is Cc1nc2ccc(S(=O)(=O)N[C@@H](CC(C)C)C(=O)N3CCN(c4ccc(F)cc4)CC3)cc2s1. The molecule has 3 aromatic rings. The average molecular weight is 505 g/mol. The Bertz CT molecular complexity index is 1270. The molecule has 0 unspecified atom stereocenters. The van der Waals surface area contributed by atoms with E-state index in [0.29, 0.717) is 32.6 Å². The second-order valence-electron chi connectivity index (χ2n) is 8.95. The molecule has 0 bridgehead atoms. The number of rotatable bonds is 7. The van der Waals surface area contributed by atoms with E-state index < -0.39 is 16.1 Å². The number of piperazine rings is 1. The quantitative estimate of drug-likeness (QED) is 0.530. The number of thiazole rings is 1. The van der Waals surface area contributed by atoms with Gasteiger partial charge in [0.2, 0.25) is 15.9 Å². The van der Waals surface area contributed by atoms with E-state index in [0.717, 1.165) is 20.9 Å². The van der Waals surface area contributed by atoms with Crippen LogP contribution < -0.4 is 9.62 Å². The fraction of sp³-hybridized carbons (Fsp3) is 0.417. The molecule has 1 N–H and O–H groups in total. The first-order chi connectivity index (χ1) is 16.1. The molecule has 2 heterocycles. The van der Waals surface area contributed by atoms with Gasteiger partial charge >= 0.3 is 0 Å². The number of carbonyl (C=O) groups is 1. The highest BCUT2D eigenvalue weighted by Crippen LogP contribution is 2.25. The van der Waals surface area contributed by atoms with Gasteiger partial charge in [-0.25, -0.2) is 17.8 Å². The third kappa shape index (κ3) is 5.56. The summed E-state index contributed by atoms with van der Waals surface area (Å²) in [5.74, 6) is -0.375. The van der Waals surface area contributed by atoms with Gasteiger partial charge in [-0.15, -0.1) is 11.3 Å². The zero-order chi connectivity index (χ0) is 24.5. The van der Waals surface area contributed by atoms with Crippen molar-refractivity contribution in [3.05, 3.63) is 53.3 Å². The molecule has 4 rings (SSSR count). The number of hydrogen-bond acceptors (Lipinski definition) is 6. The van der Waals surface area contributed by atoms with Crippen LogP contribution in [0.5, 0.6) is 0 Å². The Hall–Kier alpha value is -2.56. The van der Waals surface area contributed by atoms with Gasteiger partial charge in [-0.05, 0) is 61.7 Å². The molecule has 7 nitrogen and oxygen atoms in total. The molecular weight excluding hydrogens is 475 g/mol. The minimum absolute atomic E-state index is 0.128. The lowest BCUT2D eigenvalue weighted by Gasteiger charge is -2.38. The zero-order valence-corrected chi connectivity index (χ0v) is 21.1. The monoisotopic (exact) mass is 504 g/mol. The number of halogens is 1. The van der Waals surface area contributed by atoms with Gasteiger partial charge < -0.3 is 9.80 Å². The standard InChI is InChI=1S/C24H29FN4O3S2/c1-16(2)14-22(27-34(31,32)20-8-9-21-23(15-20)33-17(3)26-21)24(30)29-12-10-28(11-13-29)19-6-4-18(25)5-7-19/h4-9,15-16,22,27H,10-14H2,1-3H3/t22-/m0/s1. The van der Waals surface area contributed by atoms with Crippen molar-refractivity contribution >= 4 is 43.2 Å². The Kier molecular flexibility index (Phi) is 7.20. The van der Waals surface area contributed by atoms with Gasteiger partial charge in [0.05, 0.1) is 20.1 Å². The van der Waals surface area contributed by atoms with Gasteiger partial charge in [0.1, 0.15) is 11.9 Å². The molecule has 0 saturated carbocycles. The predicted molar refractivity (Wildman–Crippen MR) is 133 cm³/mol. The van der Waals surface area contributed by atoms with Crippen molar-refractivity contribution < 1.29 is 17.6 Å². The van der Waals surface area contributed by atoms with Gasteiger partial charge in [0.25, 0.3) is 0 Å². The Morgan fingerprint density at radius 1 is 1.12 bits per heavy atom. The molecule has 0 radical (unpaired) electrons. The summed E-state index contributed by atoms with van der Waals surface area (Å²) < 4.78 is 43.1. The highest BCUT2D eigenvalue weighted by Gasteiger charge is 2.32. The van der Waals surface area contributed by atoms with E-state index in [1.54, 1.807) is 29.2 Å². The number of fused-ring (bicyclic) bond motifs is 1. The molecule has 1 atom stereocenters. The first-order valence-corrected chi connectivity index (χ1v) is 13.6. The van der Waals surface area contributed by atoms with E-state index >= 15 is 0 Å². The Balaban J connectivity index is 1.47. The molecule has 1 aromatic heterocycles. The van der Waals surface area contributed by atoms with Crippen LogP contribution in [-0.2, 0) is 14.8 Å². The largest absolute Gasteiger partial charge is 0.368 e. The smallest absolute Gasteiger partial charge is 0.241 e. The molecule has 1 amide bonds. The van der Waals surface area contributed by atoms with Gasteiger partial charge in [-0.2, -0.15) is 4.72 Å². The molecule has 2 aromatic carbocycles. The average Bonchev–Trinajstić information content (AvgIpc) is 3.17. The molecule has 34 heavy (non-hydrogen) atoms. The van der Waals surface area contributed by atoms with Crippen LogP contribution in [0.25, 0.3) is 10.2 Å². The fourth-order valence-corrected chi connectivity index (χ4v) is 6.34. The molecular formula is C24H29FN4O3S2. The van der Waals surface area contributed by atoms with Crippen molar-refractivity contribution in [3.8, 4) is 0 Å². The minimum atomic E-state index is -3.89. The molecule has 0 aliphatic carbocycles. The third-order valence-corrected chi connectivity index (χ3v) is 8.27. The van der Waals surface area contributed by atoms with Crippen LogP contribution in [0.15, 0.2) is 47.4 Å². The van der Waals surface area contributed by atoms with Crippen LogP contribution in [0, 0.1) is 18.7 Å². The van der Waals surface area contributed by atoms with Crippen LogP contribution in [0.2, 0.25) is 0 Å². The molecule has 1 fully saturated rings. The van der Waals surface area contributed by atoms with Crippen molar-refractivity contribution in [2.24, 2.45) is 5.92 Å². The number of aromatic nitrogens is 1. The van der Waals surface area contributed by atoms with Crippen LogP contribution in [0.4, 0.5) is 10.1 Å². The van der Waals surface area contributed by atoms with Crippen molar-refractivity contribution in [2.75, 3.05) is 31.1 Å². The van der Waals surface area contributed by atoms with Crippen LogP contribution in [-0.4, -0.2) is 56.4 Å². The lowest BCUT2D eigenvalue weighted by Crippen LogP contribution is -2.55. The highest BCUT2D eigenvalue weighted by atomic mass is 32.2. The molecule has 182 valence electrons. The van der Waals surface area contributed by atoms with E-state index in [4.69, 9.17) is 0 Å². The van der Waals surface area contributed by atoms with Crippen LogP contribution in [0.3, 0.4) is 0 Å². The lowest BCUT2D eigenvalue weighted by molar-refractivity contribution is -0.133. The van der Waals surface area contributed by atoms with Crippen molar-refractivity contribution in [1.29, 1.82) is 0 Å². The maximum absolute atomic E-state index is 13.4. The fourth-order valence-electron chi connectivity index (χ4n) is 4.17. The molecule has 1 aliphatic heterocycles. The van der Waals surface area contributed by atoms with Crippen molar-refractivity contribution in [2.45, 2.75) is 38.1 Å². The summed E-state index contributed by atoms with van der Waals surface area (Å²) in [7, 11) is -3.89. The number of nitrogens with zero attached hydrogens (tertiary/aromatic N) is 3. The third-order valence-electron chi connectivity index (χ3n) is 5.86. The van der Waals surface area contributed by atoms with E-state index in [-0.39, 0.29) is 22.5 Å². The number of amides is 1. The Morgan fingerprint density at radius 3 is 2.44 bits per heavy atom. The summed E-state index contributed by atoms with van der Waals surface area (Å²) in [6, 6.07) is 10.3. The zero-order valence-electron chi connectivity index (χ0n) is 19.5. The maximum Gasteiger partial charge on any atom is 0.241 e. The number of hydrogen-bond donors (Lipinski definition) is 1. The summed E-state index contributed by atoms with van der Waals surface area (Å²) in [4.78, 5) is 21.7. The van der Waals surface area contributed by atoms with Crippen molar-refractivity contribution in [1.82, 2.24) is 14.6 Å². The Labute approximate surface area is 203 Å². The summed E-state index contributed by atoms with van der Waals surface area (Å²) in [6.45, 7) is 7.95. The maximum atomic E-state index is 13.4. The number of sulfonamides is 1. The summed E-state index contributed by atoms with van der Waals surface area (Å²) >= 11 is 1.44. The van der Waals surface area contributed by atoms with E-state index in [9.17, 15) is 17.6 Å². The van der Waals surface area contributed by atoms with Crippen LogP contribution in [0.1, 0.15) is 25.3 Å². The second kappa shape index (κ2) is 9.97. The number of nitrogens with one attached hydrogen (secondary N) is 1. The van der Waals surface area contributed by atoms with Gasteiger partial charge in [-0.3, -0.25) is 4.79 Å². The first kappa shape index (κ1) is 24.6. The lowest BCUT2D eigenvalue weighted by atomic mass is 10.0. The van der Waals surface area contributed by atoms with E-state index in [1.807, 2.05) is 20.8 Å². The van der Waals surface area contributed by atoms with Gasteiger partial charge in [0.15, 0.2) is 0 Å². The highest BCUT2D eigenvalue weighted by molar-refractivity contribution is 7.89. The van der Waals surface area contributed by atoms with E-state index in [2.05, 4.69) is 14.6 Å².